The summed E-state index contributed by atoms with van der Waals surface area (Å²) in [4.78, 5) is 23.1. The molecule has 19 heavy (non-hydrogen) atoms. The van der Waals surface area contributed by atoms with E-state index in [-0.39, 0.29) is 18.2 Å². The molecule has 0 saturated heterocycles. The van der Waals surface area contributed by atoms with Crippen LogP contribution in [0.4, 0.5) is 10.1 Å². The van der Waals surface area contributed by atoms with E-state index in [0.29, 0.717) is 11.4 Å². The lowest BCUT2D eigenvalue weighted by Gasteiger charge is -2.08. The second-order valence-corrected chi connectivity index (χ2v) is 4.14. The Hall–Kier alpha value is -2.43. The first-order valence-corrected chi connectivity index (χ1v) is 5.78. The highest BCUT2D eigenvalue weighted by molar-refractivity contribution is 5.94. The highest BCUT2D eigenvalue weighted by Crippen LogP contribution is 2.10. The third kappa shape index (κ3) is 3.28. The van der Waals surface area contributed by atoms with Crippen LogP contribution in [0.2, 0.25) is 0 Å². The number of aromatic nitrogens is 1. The van der Waals surface area contributed by atoms with Gasteiger partial charge in [-0.3, -0.25) is 9.59 Å². The Labute approximate surface area is 109 Å². The standard InChI is InChI=1S/C14H13FN2O2/c1-10(18)13-6-3-7-17(13)9-14(19)16-12-5-2-4-11(15)8-12/h2-8H,9H2,1H3,(H,16,19). The molecule has 0 atom stereocenters. The number of nitrogens with zero attached hydrogens (tertiary/aromatic N) is 1. The van der Waals surface area contributed by atoms with Crippen LogP contribution in [0, 0.1) is 5.82 Å². The van der Waals surface area contributed by atoms with Gasteiger partial charge >= 0.3 is 0 Å². The molecular formula is C14H13FN2O2. The van der Waals surface area contributed by atoms with Gasteiger partial charge in [0.25, 0.3) is 0 Å². The van der Waals surface area contributed by atoms with Gasteiger partial charge in [-0.1, -0.05) is 6.07 Å². The molecule has 2 rings (SSSR count). The molecule has 0 fully saturated rings. The van der Waals surface area contributed by atoms with E-state index < -0.39 is 5.82 Å². The van der Waals surface area contributed by atoms with Crippen molar-refractivity contribution in [2.45, 2.75) is 13.5 Å². The number of nitrogens with one attached hydrogen (secondary N) is 1. The van der Waals surface area contributed by atoms with Crippen molar-refractivity contribution in [1.29, 1.82) is 0 Å². The zero-order chi connectivity index (χ0) is 13.8. The Morgan fingerprint density at radius 1 is 1.26 bits per heavy atom. The monoisotopic (exact) mass is 260 g/mol. The topological polar surface area (TPSA) is 51.1 Å². The zero-order valence-corrected chi connectivity index (χ0v) is 10.4. The predicted octanol–water partition coefficient (Wildman–Crippen LogP) is 2.47. The van der Waals surface area contributed by atoms with E-state index in [0.717, 1.165) is 0 Å². The average molecular weight is 260 g/mol. The molecule has 0 aliphatic rings. The fraction of sp³-hybridized carbons (Fsp3) is 0.143. The van der Waals surface area contributed by atoms with Crippen LogP contribution in [0.25, 0.3) is 0 Å². The molecule has 1 aromatic carbocycles. The largest absolute Gasteiger partial charge is 0.336 e. The molecule has 0 aliphatic heterocycles. The molecule has 1 heterocycles. The second-order valence-electron chi connectivity index (χ2n) is 4.14. The van der Waals surface area contributed by atoms with E-state index >= 15 is 0 Å². The van der Waals surface area contributed by atoms with Gasteiger partial charge in [-0.05, 0) is 30.3 Å². The van der Waals surface area contributed by atoms with Gasteiger partial charge in [0.15, 0.2) is 5.78 Å². The lowest BCUT2D eigenvalue weighted by atomic mass is 10.3. The number of hydrogen-bond acceptors (Lipinski definition) is 2. The predicted molar refractivity (Wildman–Crippen MR) is 69.5 cm³/mol. The van der Waals surface area contributed by atoms with E-state index in [2.05, 4.69) is 5.32 Å². The fourth-order valence-electron chi connectivity index (χ4n) is 1.79. The first kappa shape index (κ1) is 13.0. The SMILES string of the molecule is CC(=O)c1cccn1CC(=O)Nc1cccc(F)c1. The summed E-state index contributed by atoms with van der Waals surface area (Å²) in [6.07, 6.45) is 1.65. The number of halogens is 1. The first-order valence-electron chi connectivity index (χ1n) is 5.78. The van der Waals surface area contributed by atoms with Gasteiger partial charge < -0.3 is 9.88 Å². The minimum absolute atomic E-state index is 0.0123. The van der Waals surface area contributed by atoms with Crippen molar-refractivity contribution >= 4 is 17.4 Å². The summed E-state index contributed by atoms with van der Waals surface area (Å²) in [5.41, 5.74) is 0.857. The van der Waals surface area contributed by atoms with Gasteiger partial charge in [-0.25, -0.2) is 4.39 Å². The van der Waals surface area contributed by atoms with E-state index in [4.69, 9.17) is 0 Å². The van der Waals surface area contributed by atoms with Crippen molar-refractivity contribution < 1.29 is 14.0 Å². The minimum Gasteiger partial charge on any atom is -0.336 e. The van der Waals surface area contributed by atoms with Crippen LogP contribution >= 0.6 is 0 Å². The van der Waals surface area contributed by atoms with E-state index in [1.807, 2.05) is 0 Å². The number of Topliss-reactive ketones (excluding diaryl/α,β-unsaturated/α-hetero) is 1. The Morgan fingerprint density at radius 3 is 2.74 bits per heavy atom. The van der Waals surface area contributed by atoms with Gasteiger partial charge in [-0.2, -0.15) is 0 Å². The molecule has 2 aromatic rings. The average Bonchev–Trinajstić information content (AvgIpc) is 2.76. The quantitative estimate of drug-likeness (QED) is 0.858. The molecule has 1 amide bonds. The highest BCUT2D eigenvalue weighted by atomic mass is 19.1. The van der Waals surface area contributed by atoms with E-state index in [1.54, 1.807) is 29.0 Å². The highest BCUT2D eigenvalue weighted by Gasteiger charge is 2.09. The van der Waals surface area contributed by atoms with Crippen molar-refractivity contribution in [2.75, 3.05) is 5.32 Å². The normalized spacial score (nSPS) is 10.2. The number of amides is 1. The van der Waals surface area contributed by atoms with Crippen LogP contribution in [-0.4, -0.2) is 16.3 Å². The summed E-state index contributed by atoms with van der Waals surface area (Å²) >= 11 is 0. The number of hydrogen-bond donors (Lipinski definition) is 1. The zero-order valence-electron chi connectivity index (χ0n) is 10.4. The van der Waals surface area contributed by atoms with Gasteiger partial charge in [0.2, 0.25) is 5.91 Å². The summed E-state index contributed by atoms with van der Waals surface area (Å²) in [7, 11) is 0. The maximum Gasteiger partial charge on any atom is 0.244 e. The van der Waals surface area contributed by atoms with Crippen molar-refractivity contribution in [2.24, 2.45) is 0 Å². The Balaban J connectivity index is 2.05. The van der Waals surface area contributed by atoms with E-state index in [9.17, 15) is 14.0 Å². The summed E-state index contributed by atoms with van der Waals surface area (Å²) in [6, 6.07) is 9.00. The Kier molecular flexibility index (Phi) is 3.75. The molecule has 1 aromatic heterocycles. The fourth-order valence-corrected chi connectivity index (χ4v) is 1.79. The first-order chi connectivity index (χ1) is 9.06. The lowest BCUT2D eigenvalue weighted by Crippen LogP contribution is -2.20. The smallest absolute Gasteiger partial charge is 0.244 e. The third-order valence-corrected chi connectivity index (χ3v) is 2.61. The van der Waals surface area contributed by atoms with Crippen LogP contribution in [0.1, 0.15) is 17.4 Å². The number of carbonyl (C=O) groups excluding carboxylic acids is 2. The molecule has 4 nitrogen and oxygen atoms in total. The molecule has 0 spiro atoms. The molecule has 0 aliphatic carbocycles. The van der Waals surface area contributed by atoms with Crippen molar-refractivity contribution in [1.82, 2.24) is 4.57 Å². The summed E-state index contributed by atoms with van der Waals surface area (Å²) < 4.78 is 14.5. The Morgan fingerprint density at radius 2 is 2.05 bits per heavy atom. The Bertz CT molecular complexity index is 619. The maximum absolute atomic E-state index is 13.0. The number of ketones is 1. The molecule has 98 valence electrons. The van der Waals surface area contributed by atoms with Gasteiger partial charge in [0, 0.05) is 18.8 Å². The molecular weight excluding hydrogens is 247 g/mol. The number of carbonyl (C=O) groups is 2. The molecule has 5 heteroatoms. The molecule has 0 unspecified atom stereocenters. The molecule has 0 saturated carbocycles. The van der Waals surface area contributed by atoms with Crippen molar-refractivity contribution in [3.8, 4) is 0 Å². The van der Waals surface area contributed by atoms with Gasteiger partial charge in [0.1, 0.15) is 12.4 Å². The number of anilines is 1. The maximum atomic E-state index is 13.0. The van der Waals surface area contributed by atoms with Gasteiger partial charge in [0.05, 0.1) is 5.69 Å². The van der Waals surface area contributed by atoms with Crippen LogP contribution in [0.3, 0.4) is 0 Å². The minimum atomic E-state index is -0.414. The van der Waals surface area contributed by atoms with Crippen LogP contribution < -0.4 is 5.32 Å². The third-order valence-electron chi connectivity index (χ3n) is 2.61. The summed E-state index contributed by atoms with van der Waals surface area (Å²) in [5.74, 6) is -0.837. The molecule has 0 radical (unpaired) electrons. The molecule has 1 N–H and O–H groups in total. The van der Waals surface area contributed by atoms with Crippen molar-refractivity contribution in [3.05, 3.63) is 54.1 Å². The second kappa shape index (κ2) is 5.48. The van der Waals surface area contributed by atoms with Crippen LogP contribution in [0.5, 0.6) is 0 Å². The van der Waals surface area contributed by atoms with Crippen molar-refractivity contribution in [3.63, 3.8) is 0 Å². The summed E-state index contributed by atoms with van der Waals surface area (Å²) in [6.45, 7) is 1.45. The van der Waals surface area contributed by atoms with Gasteiger partial charge in [-0.15, -0.1) is 0 Å². The molecule has 0 bridgehead atoms. The lowest BCUT2D eigenvalue weighted by molar-refractivity contribution is -0.116. The van der Waals surface area contributed by atoms with Crippen LogP contribution in [0.15, 0.2) is 42.6 Å². The van der Waals surface area contributed by atoms with E-state index in [1.165, 1.54) is 25.1 Å². The summed E-state index contributed by atoms with van der Waals surface area (Å²) in [5, 5.41) is 2.58. The number of benzene rings is 1. The van der Waals surface area contributed by atoms with Crippen LogP contribution in [-0.2, 0) is 11.3 Å². The number of rotatable bonds is 4.